The molecule has 1 unspecified atom stereocenters. The minimum absolute atomic E-state index is 0.147. The van der Waals surface area contributed by atoms with E-state index in [1.165, 1.54) is 10.4 Å². The number of likely N-dealkylation sites (tertiary alicyclic amines) is 1. The Balaban J connectivity index is 1.28. The minimum Gasteiger partial charge on any atom is -0.381 e. The summed E-state index contributed by atoms with van der Waals surface area (Å²) in [5, 5.41) is 0. The SMILES string of the molecule is Cc1cc(C(=O)N2CC3(C2)OCCC3COCC2CCOCC2)sc1C. The number of hydrogen-bond acceptors (Lipinski definition) is 5. The van der Waals surface area contributed by atoms with E-state index in [0.29, 0.717) is 24.9 Å². The second kappa shape index (κ2) is 7.58. The summed E-state index contributed by atoms with van der Waals surface area (Å²) in [6, 6.07) is 2.01. The van der Waals surface area contributed by atoms with Gasteiger partial charge in [-0.1, -0.05) is 0 Å². The molecule has 6 heteroatoms. The van der Waals surface area contributed by atoms with Gasteiger partial charge in [-0.3, -0.25) is 4.79 Å². The van der Waals surface area contributed by atoms with Gasteiger partial charge in [0, 0.05) is 37.2 Å². The molecule has 1 aromatic rings. The van der Waals surface area contributed by atoms with Crippen molar-refractivity contribution in [1.29, 1.82) is 0 Å². The Bertz CT molecular complexity index is 627. The van der Waals surface area contributed by atoms with Gasteiger partial charge in [0.1, 0.15) is 5.60 Å². The highest BCUT2D eigenvalue weighted by Gasteiger charge is 2.54. The number of rotatable bonds is 5. The second-order valence-corrected chi connectivity index (χ2v) is 9.26. The summed E-state index contributed by atoms with van der Waals surface area (Å²) in [4.78, 5) is 16.7. The Hall–Kier alpha value is -0.950. The van der Waals surface area contributed by atoms with Crippen LogP contribution in [0.1, 0.15) is 39.4 Å². The third kappa shape index (κ3) is 3.57. The molecule has 1 amide bonds. The highest BCUT2D eigenvalue weighted by atomic mass is 32.1. The van der Waals surface area contributed by atoms with Gasteiger partial charge in [0.2, 0.25) is 0 Å². The first-order valence-electron chi connectivity index (χ1n) is 9.73. The van der Waals surface area contributed by atoms with Gasteiger partial charge < -0.3 is 19.1 Å². The molecule has 3 aliphatic heterocycles. The standard InChI is InChI=1S/C20H29NO4S/c1-14-9-18(26-15(14)2)19(22)21-12-20(13-21)17(5-8-25-20)11-24-10-16-3-6-23-7-4-16/h9,16-17H,3-8,10-13H2,1-2H3. The molecule has 26 heavy (non-hydrogen) atoms. The first-order valence-corrected chi connectivity index (χ1v) is 10.5. The average molecular weight is 380 g/mol. The zero-order valence-corrected chi connectivity index (χ0v) is 16.6. The highest BCUT2D eigenvalue weighted by Crippen LogP contribution is 2.41. The van der Waals surface area contributed by atoms with Crippen LogP contribution in [0.4, 0.5) is 0 Å². The zero-order valence-electron chi connectivity index (χ0n) is 15.8. The molecule has 0 aromatic carbocycles. The minimum atomic E-state index is -0.174. The van der Waals surface area contributed by atoms with E-state index in [-0.39, 0.29) is 11.5 Å². The Morgan fingerprint density at radius 2 is 2.00 bits per heavy atom. The third-order valence-corrected chi connectivity index (χ3v) is 7.33. The van der Waals surface area contributed by atoms with Crippen molar-refractivity contribution in [3.63, 3.8) is 0 Å². The van der Waals surface area contributed by atoms with E-state index in [0.717, 1.165) is 57.2 Å². The molecule has 0 N–H and O–H groups in total. The molecule has 4 rings (SSSR count). The largest absolute Gasteiger partial charge is 0.381 e. The van der Waals surface area contributed by atoms with Crippen LogP contribution in [0, 0.1) is 25.7 Å². The predicted molar refractivity (Wildman–Crippen MR) is 101 cm³/mol. The third-order valence-electron chi connectivity index (χ3n) is 6.19. The van der Waals surface area contributed by atoms with Crippen molar-refractivity contribution in [2.45, 2.75) is 38.7 Å². The van der Waals surface area contributed by atoms with Crippen LogP contribution in [0.2, 0.25) is 0 Å². The molecule has 3 fully saturated rings. The number of aryl methyl sites for hydroxylation is 2. The van der Waals surface area contributed by atoms with Gasteiger partial charge >= 0.3 is 0 Å². The summed E-state index contributed by atoms with van der Waals surface area (Å²) in [5.74, 6) is 1.18. The van der Waals surface area contributed by atoms with E-state index in [2.05, 4.69) is 13.8 Å². The maximum absolute atomic E-state index is 12.7. The molecule has 4 heterocycles. The summed E-state index contributed by atoms with van der Waals surface area (Å²) < 4.78 is 17.5. The maximum Gasteiger partial charge on any atom is 0.264 e. The van der Waals surface area contributed by atoms with E-state index in [1.807, 2.05) is 11.0 Å². The number of nitrogens with zero attached hydrogens (tertiary/aromatic N) is 1. The zero-order chi connectivity index (χ0) is 18.1. The molecular formula is C20H29NO4S. The first-order chi connectivity index (χ1) is 12.6. The number of hydrogen-bond donors (Lipinski definition) is 0. The average Bonchev–Trinajstić information content (AvgIpc) is 3.18. The quantitative estimate of drug-likeness (QED) is 0.789. The molecule has 0 saturated carbocycles. The van der Waals surface area contributed by atoms with Crippen molar-refractivity contribution >= 4 is 17.2 Å². The van der Waals surface area contributed by atoms with Crippen molar-refractivity contribution in [2.24, 2.45) is 11.8 Å². The maximum atomic E-state index is 12.7. The van der Waals surface area contributed by atoms with Crippen LogP contribution in [-0.2, 0) is 14.2 Å². The Morgan fingerprint density at radius 1 is 1.23 bits per heavy atom. The summed E-state index contributed by atoms with van der Waals surface area (Å²) in [7, 11) is 0. The van der Waals surface area contributed by atoms with Gasteiger partial charge in [0.25, 0.3) is 5.91 Å². The molecule has 1 spiro atoms. The van der Waals surface area contributed by atoms with E-state index < -0.39 is 0 Å². The molecule has 0 radical (unpaired) electrons. The summed E-state index contributed by atoms with van der Waals surface area (Å²) in [6.45, 7) is 9.62. The van der Waals surface area contributed by atoms with Crippen LogP contribution >= 0.6 is 11.3 Å². The lowest BCUT2D eigenvalue weighted by Gasteiger charge is -2.50. The van der Waals surface area contributed by atoms with Crippen LogP contribution in [0.5, 0.6) is 0 Å². The lowest BCUT2D eigenvalue weighted by atomic mass is 9.81. The van der Waals surface area contributed by atoms with Crippen LogP contribution in [-0.4, -0.2) is 62.5 Å². The van der Waals surface area contributed by atoms with E-state index in [4.69, 9.17) is 14.2 Å². The fourth-order valence-electron chi connectivity index (χ4n) is 4.24. The molecule has 144 valence electrons. The van der Waals surface area contributed by atoms with E-state index in [1.54, 1.807) is 11.3 Å². The second-order valence-electron chi connectivity index (χ2n) is 8.00. The molecule has 0 bridgehead atoms. The van der Waals surface area contributed by atoms with Gasteiger partial charge in [-0.25, -0.2) is 0 Å². The van der Waals surface area contributed by atoms with Gasteiger partial charge in [-0.05, 0) is 50.7 Å². The van der Waals surface area contributed by atoms with Gasteiger partial charge in [0.05, 0.1) is 24.6 Å². The number of amides is 1. The first kappa shape index (κ1) is 18.4. The topological polar surface area (TPSA) is 48.0 Å². The summed E-state index contributed by atoms with van der Waals surface area (Å²) in [6.07, 6.45) is 3.25. The van der Waals surface area contributed by atoms with Crippen LogP contribution in [0.3, 0.4) is 0 Å². The molecule has 1 aromatic heterocycles. The van der Waals surface area contributed by atoms with E-state index in [9.17, 15) is 4.79 Å². The number of carbonyl (C=O) groups is 1. The van der Waals surface area contributed by atoms with Gasteiger partial charge in [-0.15, -0.1) is 11.3 Å². The Labute approximate surface area is 159 Å². The van der Waals surface area contributed by atoms with E-state index >= 15 is 0 Å². The monoisotopic (exact) mass is 379 g/mol. The lowest BCUT2D eigenvalue weighted by molar-refractivity contribution is -0.129. The Morgan fingerprint density at radius 3 is 2.69 bits per heavy atom. The van der Waals surface area contributed by atoms with Crippen molar-refractivity contribution < 1.29 is 19.0 Å². The Kier molecular flexibility index (Phi) is 5.37. The van der Waals surface area contributed by atoms with Crippen LogP contribution in [0.25, 0.3) is 0 Å². The summed E-state index contributed by atoms with van der Waals surface area (Å²) >= 11 is 1.59. The van der Waals surface area contributed by atoms with Gasteiger partial charge in [0.15, 0.2) is 0 Å². The highest BCUT2D eigenvalue weighted by molar-refractivity contribution is 7.14. The van der Waals surface area contributed by atoms with Crippen molar-refractivity contribution in [2.75, 3.05) is 46.1 Å². The fourth-order valence-corrected chi connectivity index (χ4v) is 5.24. The molecule has 3 aliphatic rings. The van der Waals surface area contributed by atoms with Crippen molar-refractivity contribution in [3.8, 4) is 0 Å². The molecule has 1 atom stereocenters. The molecular weight excluding hydrogens is 350 g/mol. The van der Waals surface area contributed by atoms with Crippen LogP contribution in [0.15, 0.2) is 6.07 Å². The predicted octanol–water partition coefficient (Wildman–Crippen LogP) is 3.04. The fraction of sp³-hybridized carbons (Fsp3) is 0.750. The number of thiophene rings is 1. The van der Waals surface area contributed by atoms with Crippen molar-refractivity contribution in [3.05, 3.63) is 21.4 Å². The van der Waals surface area contributed by atoms with Crippen LogP contribution < -0.4 is 0 Å². The number of carbonyl (C=O) groups excluding carboxylic acids is 1. The summed E-state index contributed by atoms with van der Waals surface area (Å²) in [5.41, 5.74) is 1.03. The molecule has 5 nitrogen and oxygen atoms in total. The lowest BCUT2D eigenvalue weighted by Crippen LogP contribution is -2.66. The van der Waals surface area contributed by atoms with Gasteiger partial charge in [-0.2, -0.15) is 0 Å². The molecule has 0 aliphatic carbocycles. The van der Waals surface area contributed by atoms with Crippen molar-refractivity contribution in [1.82, 2.24) is 4.90 Å². The normalized spacial score (nSPS) is 25.6. The smallest absolute Gasteiger partial charge is 0.264 e. The number of ether oxygens (including phenoxy) is 3. The molecule has 3 saturated heterocycles.